The minimum atomic E-state index is -3.70. The van der Waals surface area contributed by atoms with Crippen LogP contribution in [0.15, 0.2) is 29.3 Å². The molecule has 1 aromatic carbocycles. The van der Waals surface area contributed by atoms with Crippen molar-refractivity contribution in [2.75, 3.05) is 13.3 Å². The summed E-state index contributed by atoms with van der Waals surface area (Å²) in [5.74, 6) is 1.35. The quantitative estimate of drug-likeness (QED) is 0.742. The average molecular weight is 387 g/mol. The number of fused-ring (bicyclic) bond motifs is 2. The van der Waals surface area contributed by atoms with Gasteiger partial charge in [-0.1, -0.05) is 23.2 Å². The van der Waals surface area contributed by atoms with Crippen LogP contribution in [0.1, 0.15) is 11.1 Å². The lowest BCUT2D eigenvalue weighted by Crippen LogP contribution is -2.36. The average Bonchev–Trinajstić information content (AvgIpc) is 3.01. The second kappa shape index (κ2) is 5.77. The molecule has 9 heteroatoms. The second-order valence-corrected chi connectivity index (χ2v) is 8.21. The Labute approximate surface area is 149 Å². The molecule has 24 heavy (non-hydrogen) atoms. The fourth-order valence-corrected chi connectivity index (χ4v) is 4.55. The monoisotopic (exact) mass is 386 g/mol. The Morgan fingerprint density at radius 1 is 1.08 bits per heavy atom. The van der Waals surface area contributed by atoms with Crippen LogP contribution in [0, 0.1) is 0 Å². The Balaban J connectivity index is 1.67. The van der Waals surface area contributed by atoms with Crippen molar-refractivity contribution in [2.24, 2.45) is 0 Å². The zero-order chi connectivity index (χ0) is 16.9. The lowest BCUT2D eigenvalue weighted by atomic mass is 10.0. The number of rotatable bonds is 2. The molecule has 0 bridgehead atoms. The summed E-state index contributed by atoms with van der Waals surface area (Å²) in [7, 11) is -3.70. The zero-order valence-corrected chi connectivity index (χ0v) is 14.7. The van der Waals surface area contributed by atoms with Crippen LogP contribution in [0.4, 0.5) is 0 Å². The molecule has 2 aromatic rings. The molecule has 0 atom stereocenters. The van der Waals surface area contributed by atoms with E-state index in [9.17, 15) is 8.42 Å². The van der Waals surface area contributed by atoms with E-state index in [1.165, 1.54) is 16.6 Å². The normalized spacial score (nSPS) is 16.9. The minimum absolute atomic E-state index is 0.0288. The number of ether oxygens (including phenoxy) is 2. The highest BCUT2D eigenvalue weighted by molar-refractivity contribution is 7.89. The summed E-state index contributed by atoms with van der Waals surface area (Å²) in [5, 5.41) is 0.186. The standard InChI is InChI=1S/C15H12Cl2N2O4S/c16-12-5-11(6-18-15(12)17)24(20,21)19-2-1-9-3-13-14(23-8-22-13)4-10(9)7-19/h3-6H,1-2,7-8H2. The molecule has 4 rings (SSSR count). The number of hydrogen-bond acceptors (Lipinski definition) is 5. The topological polar surface area (TPSA) is 68.7 Å². The van der Waals surface area contributed by atoms with E-state index >= 15 is 0 Å². The van der Waals surface area contributed by atoms with E-state index in [-0.39, 0.29) is 28.4 Å². The maximum absolute atomic E-state index is 12.8. The number of pyridine rings is 1. The molecule has 3 heterocycles. The van der Waals surface area contributed by atoms with Crippen molar-refractivity contribution in [1.29, 1.82) is 0 Å². The first-order valence-electron chi connectivity index (χ1n) is 7.18. The van der Waals surface area contributed by atoms with Gasteiger partial charge in [0.2, 0.25) is 16.8 Å². The predicted molar refractivity (Wildman–Crippen MR) is 88.1 cm³/mol. The van der Waals surface area contributed by atoms with Gasteiger partial charge in [-0.3, -0.25) is 0 Å². The highest BCUT2D eigenvalue weighted by Gasteiger charge is 2.30. The second-order valence-electron chi connectivity index (χ2n) is 5.51. The Morgan fingerprint density at radius 2 is 1.79 bits per heavy atom. The summed E-state index contributed by atoms with van der Waals surface area (Å²) < 4.78 is 37.8. The maximum atomic E-state index is 12.8. The van der Waals surface area contributed by atoms with Gasteiger partial charge in [0.05, 0.1) is 5.02 Å². The van der Waals surface area contributed by atoms with Crippen molar-refractivity contribution >= 4 is 33.2 Å². The van der Waals surface area contributed by atoms with Gasteiger partial charge in [0, 0.05) is 19.3 Å². The molecule has 0 unspecified atom stereocenters. The first kappa shape index (κ1) is 16.0. The Kier molecular flexibility index (Phi) is 3.84. The van der Waals surface area contributed by atoms with Crippen LogP contribution >= 0.6 is 23.2 Å². The molecule has 0 amide bonds. The van der Waals surface area contributed by atoms with Gasteiger partial charge in [0.15, 0.2) is 11.5 Å². The van der Waals surface area contributed by atoms with E-state index in [2.05, 4.69) is 4.98 Å². The Hall–Kier alpha value is -1.54. The molecule has 2 aliphatic heterocycles. The molecular formula is C15H12Cl2N2O4S. The summed E-state index contributed by atoms with van der Waals surface area (Å²) in [6.07, 6.45) is 1.82. The third-order valence-corrected chi connectivity index (χ3v) is 6.58. The Bertz CT molecular complexity index is 933. The van der Waals surface area contributed by atoms with Gasteiger partial charge in [-0.25, -0.2) is 13.4 Å². The molecule has 0 N–H and O–H groups in total. The highest BCUT2D eigenvalue weighted by atomic mass is 35.5. The molecule has 0 saturated heterocycles. The number of nitrogens with zero attached hydrogens (tertiary/aromatic N) is 2. The van der Waals surface area contributed by atoms with Crippen LogP contribution in [0.5, 0.6) is 11.5 Å². The highest BCUT2D eigenvalue weighted by Crippen LogP contribution is 2.37. The summed E-state index contributed by atoms with van der Waals surface area (Å²) in [6.45, 7) is 0.818. The summed E-state index contributed by atoms with van der Waals surface area (Å²) in [6, 6.07) is 5.08. The van der Waals surface area contributed by atoms with E-state index in [1.807, 2.05) is 12.1 Å². The smallest absolute Gasteiger partial charge is 0.244 e. The number of sulfonamides is 1. The third kappa shape index (κ3) is 2.61. The van der Waals surface area contributed by atoms with Gasteiger partial charge in [-0.15, -0.1) is 0 Å². The number of benzene rings is 1. The van der Waals surface area contributed by atoms with Crippen LogP contribution < -0.4 is 9.47 Å². The molecular weight excluding hydrogens is 375 g/mol. The van der Waals surface area contributed by atoms with E-state index in [4.69, 9.17) is 32.7 Å². The molecule has 0 saturated carbocycles. The summed E-state index contributed by atoms with van der Waals surface area (Å²) >= 11 is 11.7. The molecule has 0 spiro atoms. The fraction of sp³-hybridized carbons (Fsp3) is 0.267. The van der Waals surface area contributed by atoms with E-state index < -0.39 is 10.0 Å². The molecule has 0 aliphatic carbocycles. The summed E-state index contributed by atoms with van der Waals surface area (Å²) in [4.78, 5) is 3.85. The van der Waals surface area contributed by atoms with E-state index in [1.54, 1.807) is 0 Å². The first-order chi connectivity index (χ1) is 11.4. The van der Waals surface area contributed by atoms with Gasteiger partial charge in [-0.05, 0) is 35.7 Å². The molecule has 0 radical (unpaired) electrons. The number of aromatic nitrogens is 1. The van der Waals surface area contributed by atoms with Crippen molar-refractivity contribution in [3.8, 4) is 11.5 Å². The van der Waals surface area contributed by atoms with Gasteiger partial charge in [-0.2, -0.15) is 4.31 Å². The van der Waals surface area contributed by atoms with Gasteiger partial charge in [0.25, 0.3) is 0 Å². The van der Waals surface area contributed by atoms with E-state index in [0.29, 0.717) is 24.5 Å². The maximum Gasteiger partial charge on any atom is 0.244 e. The van der Waals surface area contributed by atoms with Gasteiger partial charge < -0.3 is 9.47 Å². The first-order valence-corrected chi connectivity index (χ1v) is 9.37. The number of halogens is 2. The molecule has 126 valence electrons. The fourth-order valence-electron chi connectivity index (χ4n) is 2.82. The van der Waals surface area contributed by atoms with Crippen molar-refractivity contribution in [2.45, 2.75) is 17.9 Å². The molecule has 6 nitrogen and oxygen atoms in total. The lowest BCUT2D eigenvalue weighted by molar-refractivity contribution is 0.174. The summed E-state index contributed by atoms with van der Waals surface area (Å²) in [5.41, 5.74) is 1.97. The van der Waals surface area contributed by atoms with Gasteiger partial charge >= 0.3 is 0 Å². The molecule has 2 aliphatic rings. The third-order valence-electron chi connectivity index (χ3n) is 4.08. The SMILES string of the molecule is O=S(=O)(c1cnc(Cl)c(Cl)c1)N1CCc2cc3c(cc2C1)OCO3. The van der Waals surface area contributed by atoms with Crippen molar-refractivity contribution < 1.29 is 17.9 Å². The van der Waals surface area contributed by atoms with Crippen LogP contribution in [0.25, 0.3) is 0 Å². The van der Waals surface area contributed by atoms with Crippen molar-refractivity contribution in [1.82, 2.24) is 9.29 Å². The lowest BCUT2D eigenvalue weighted by Gasteiger charge is -2.28. The van der Waals surface area contributed by atoms with Crippen LogP contribution in [-0.4, -0.2) is 31.0 Å². The molecule has 1 aromatic heterocycles. The Morgan fingerprint density at radius 3 is 2.50 bits per heavy atom. The minimum Gasteiger partial charge on any atom is -0.454 e. The van der Waals surface area contributed by atoms with E-state index in [0.717, 1.165) is 11.1 Å². The largest absolute Gasteiger partial charge is 0.454 e. The molecule has 0 fully saturated rings. The van der Waals surface area contributed by atoms with Crippen LogP contribution in [0.2, 0.25) is 10.2 Å². The van der Waals surface area contributed by atoms with Crippen molar-refractivity contribution in [3.63, 3.8) is 0 Å². The zero-order valence-electron chi connectivity index (χ0n) is 12.3. The van der Waals surface area contributed by atoms with Gasteiger partial charge in [0.1, 0.15) is 10.0 Å². The number of hydrogen-bond donors (Lipinski definition) is 0. The van der Waals surface area contributed by atoms with Crippen molar-refractivity contribution in [3.05, 3.63) is 45.7 Å². The predicted octanol–water partition coefficient (Wildman–Crippen LogP) is 2.86. The van der Waals surface area contributed by atoms with Crippen LogP contribution in [-0.2, 0) is 23.0 Å². The van der Waals surface area contributed by atoms with Crippen LogP contribution in [0.3, 0.4) is 0 Å².